The Bertz CT molecular complexity index is 726. The van der Waals surface area contributed by atoms with E-state index in [4.69, 9.17) is 35.9 Å². The summed E-state index contributed by atoms with van der Waals surface area (Å²) < 4.78 is 26.7. The summed E-state index contributed by atoms with van der Waals surface area (Å²) in [5.41, 5.74) is 0. The number of para-hydroxylation sites is 1. The Labute approximate surface area is 167 Å². The van der Waals surface area contributed by atoms with Gasteiger partial charge >= 0.3 is 17.9 Å². The molecule has 0 bridgehead atoms. The van der Waals surface area contributed by atoms with Crippen molar-refractivity contribution in [3.63, 3.8) is 0 Å². The summed E-state index contributed by atoms with van der Waals surface area (Å²) in [6.45, 7) is 3.48. The first-order chi connectivity index (χ1) is 13.3. The minimum atomic E-state index is -1.13. The second-order valence-electron chi connectivity index (χ2n) is 5.90. The molecule has 0 amide bonds. The SMILES string of the molecule is CC(=O)O[C@H]1[C@H](OC(C)=O)[C@@H](NC(=S)Oc2ccccc2)OC[C@H]1OC(C)=O. The Kier molecular flexibility index (Phi) is 7.70. The van der Waals surface area contributed by atoms with Gasteiger partial charge in [0, 0.05) is 20.8 Å². The Balaban J connectivity index is 2.16. The fourth-order valence-corrected chi connectivity index (χ4v) is 2.82. The number of rotatable bonds is 5. The molecule has 28 heavy (non-hydrogen) atoms. The highest BCUT2D eigenvalue weighted by atomic mass is 32.1. The molecule has 152 valence electrons. The first-order valence-electron chi connectivity index (χ1n) is 8.43. The molecular formula is C18H21NO8S. The van der Waals surface area contributed by atoms with Crippen LogP contribution in [0.5, 0.6) is 5.75 Å². The summed E-state index contributed by atoms with van der Waals surface area (Å²) in [6.07, 6.45) is -4.16. The van der Waals surface area contributed by atoms with Gasteiger partial charge in [-0.15, -0.1) is 0 Å². The van der Waals surface area contributed by atoms with Gasteiger partial charge in [0.05, 0.1) is 6.61 Å². The maximum atomic E-state index is 11.6. The normalized spacial score (nSPS) is 23.8. The van der Waals surface area contributed by atoms with Crippen LogP contribution in [0.2, 0.25) is 0 Å². The third-order valence-electron chi connectivity index (χ3n) is 3.56. The van der Waals surface area contributed by atoms with E-state index >= 15 is 0 Å². The van der Waals surface area contributed by atoms with E-state index in [9.17, 15) is 14.4 Å². The summed E-state index contributed by atoms with van der Waals surface area (Å²) in [7, 11) is 0. The van der Waals surface area contributed by atoms with Crippen molar-refractivity contribution >= 4 is 35.3 Å². The zero-order chi connectivity index (χ0) is 20.7. The first-order valence-corrected chi connectivity index (χ1v) is 8.83. The van der Waals surface area contributed by atoms with Crippen molar-refractivity contribution < 1.29 is 38.1 Å². The lowest BCUT2D eigenvalue weighted by atomic mass is 10.0. The molecule has 0 spiro atoms. The minimum absolute atomic E-state index is 0.0409. The van der Waals surface area contributed by atoms with Crippen molar-refractivity contribution in [3.05, 3.63) is 30.3 Å². The van der Waals surface area contributed by atoms with Crippen LogP contribution in [0.3, 0.4) is 0 Å². The number of hydrogen-bond donors (Lipinski definition) is 1. The molecule has 9 nitrogen and oxygen atoms in total. The van der Waals surface area contributed by atoms with Crippen molar-refractivity contribution in [2.75, 3.05) is 6.61 Å². The topological polar surface area (TPSA) is 109 Å². The van der Waals surface area contributed by atoms with Gasteiger partial charge in [0.2, 0.25) is 0 Å². The number of ether oxygens (including phenoxy) is 5. The fourth-order valence-electron chi connectivity index (χ4n) is 2.61. The molecule has 1 aromatic rings. The molecule has 1 fully saturated rings. The van der Waals surface area contributed by atoms with Crippen LogP contribution < -0.4 is 10.1 Å². The molecule has 0 aromatic heterocycles. The van der Waals surface area contributed by atoms with Gasteiger partial charge in [0.15, 0.2) is 24.5 Å². The zero-order valence-corrected chi connectivity index (χ0v) is 16.4. The Morgan fingerprint density at radius 2 is 1.54 bits per heavy atom. The van der Waals surface area contributed by atoms with Crippen molar-refractivity contribution in [3.8, 4) is 5.75 Å². The molecule has 0 unspecified atom stereocenters. The number of nitrogens with one attached hydrogen (secondary N) is 1. The lowest BCUT2D eigenvalue weighted by Crippen LogP contribution is -2.62. The molecule has 2 rings (SSSR count). The van der Waals surface area contributed by atoms with Gasteiger partial charge in [-0.3, -0.25) is 14.4 Å². The number of thiocarbonyl (C=S) groups is 1. The summed E-state index contributed by atoms with van der Waals surface area (Å²) in [6, 6.07) is 8.78. The standard InChI is InChI=1S/C18H21NO8S/c1-10(20)24-14-9-23-17(16(26-12(3)22)15(14)25-11(2)21)19-18(28)27-13-7-5-4-6-8-13/h4-8,14-17H,9H2,1-3H3,(H,19,28)/t14-,15-,16+,17+/m1/s1. The van der Waals surface area contributed by atoms with Crippen LogP contribution in [-0.4, -0.2) is 54.2 Å². The van der Waals surface area contributed by atoms with Crippen LogP contribution in [0.4, 0.5) is 0 Å². The summed E-state index contributed by atoms with van der Waals surface area (Å²) in [4.78, 5) is 34.5. The third kappa shape index (κ3) is 6.46. The van der Waals surface area contributed by atoms with Crippen LogP contribution >= 0.6 is 12.2 Å². The molecule has 0 aliphatic carbocycles. The van der Waals surface area contributed by atoms with E-state index in [2.05, 4.69) is 5.32 Å². The average Bonchev–Trinajstić information content (AvgIpc) is 2.59. The quantitative estimate of drug-likeness (QED) is 0.429. The molecule has 1 N–H and O–H groups in total. The van der Waals surface area contributed by atoms with Gasteiger partial charge in [0.1, 0.15) is 5.75 Å². The van der Waals surface area contributed by atoms with Crippen LogP contribution in [-0.2, 0) is 33.3 Å². The van der Waals surface area contributed by atoms with E-state index < -0.39 is 42.4 Å². The Morgan fingerprint density at radius 1 is 0.964 bits per heavy atom. The molecule has 1 heterocycles. The number of carbonyl (C=O) groups excluding carboxylic acids is 3. The molecule has 1 aliphatic rings. The monoisotopic (exact) mass is 411 g/mol. The van der Waals surface area contributed by atoms with Crippen LogP contribution in [0.1, 0.15) is 20.8 Å². The number of benzene rings is 1. The highest BCUT2D eigenvalue weighted by Gasteiger charge is 2.47. The van der Waals surface area contributed by atoms with Gasteiger partial charge in [-0.1, -0.05) is 18.2 Å². The Morgan fingerprint density at radius 3 is 2.11 bits per heavy atom. The molecule has 1 aliphatic heterocycles. The smallest absolute Gasteiger partial charge is 0.303 e. The molecule has 1 saturated heterocycles. The second kappa shape index (κ2) is 10.00. The molecule has 10 heteroatoms. The highest BCUT2D eigenvalue weighted by Crippen LogP contribution is 2.23. The van der Waals surface area contributed by atoms with Gasteiger partial charge in [-0.05, 0) is 24.4 Å². The lowest BCUT2D eigenvalue weighted by molar-refractivity contribution is -0.228. The largest absolute Gasteiger partial charge is 0.456 e. The van der Waals surface area contributed by atoms with E-state index in [0.29, 0.717) is 5.75 Å². The third-order valence-corrected chi connectivity index (χ3v) is 3.77. The molecule has 1 aromatic carbocycles. The second-order valence-corrected chi connectivity index (χ2v) is 6.27. The van der Waals surface area contributed by atoms with E-state index in [-0.39, 0.29) is 11.8 Å². The summed E-state index contributed by atoms with van der Waals surface area (Å²) in [5, 5.41) is 2.74. The summed E-state index contributed by atoms with van der Waals surface area (Å²) in [5.74, 6) is -1.38. The maximum Gasteiger partial charge on any atom is 0.303 e. The lowest BCUT2D eigenvalue weighted by Gasteiger charge is -2.40. The van der Waals surface area contributed by atoms with Crippen LogP contribution in [0, 0.1) is 0 Å². The number of esters is 3. The zero-order valence-electron chi connectivity index (χ0n) is 15.6. The predicted octanol–water partition coefficient (Wildman–Crippen LogP) is 1.09. The van der Waals surface area contributed by atoms with Gasteiger partial charge in [-0.2, -0.15) is 0 Å². The van der Waals surface area contributed by atoms with E-state index in [0.717, 1.165) is 0 Å². The average molecular weight is 411 g/mol. The first kappa shape index (κ1) is 21.6. The van der Waals surface area contributed by atoms with Crippen LogP contribution in [0.15, 0.2) is 30.3 Å². The van der Waals surface area contributed by atoms with Crippen molar-refractivity contribution in [1.82, 2.24) is 5.32 Å². The number of hydrogen-bond acceptors (Lipinski definition) is 9. The molecular weight excluding hydrogens is 390 g/mol. The van der Waals surface area contributed by atoms with E-state index in [1.807, 2.05) is 6.07 Å². The fraction of sp³-hybridized carbons (Fsp3) is 0.444. The number of carbonyl (C=O) groups is 3. The molecule has 4 atom stereocenters. The Hall–Kier alpha value is -2.72. The highest BCUT2D eigenvalue weighted by molar-refractivity contribution is 7.80. The maximum absolute atomic E-state index is 11.6. The van der Waals surface area contributed by atoms with Gasteiger partial charge in [0.25, 0.3) is 5.17 Å². The van der Waals surface area contributed by atoms with E-state index in [1.54, 1.807) is 24.3 Å². The van der Waals surface area contributed by atoms with Gasteiger partial charge in [-0.25, -0.2) is 0 Å². The predicted molar refractivity (Wildman–Crippen MR) is 99.2 cm³/mol. The van der Waals surface area contributed by atoms with Crippen molar-refractivity contribution in [2.24, 2.45) is 0 Å². The summed E-state index contributed by atoms with van der Waals surface area (Å²) >= 11 is 5.16. The van der Waals surface area contributed by atoms with Crippen LogP contribution in [0.25, 0.3) is 0 Å². The molecule has 0 radical (unpaired) electrons. The molecule has 0 saturated carbocycles. The minimum Gasteiger partial charge on any atom is -0.456 e. The van der Waals surface area contributed by atoms with E-state index in [1.165, 1.54) is 20.8 Å². The van der Waals surface area contributed by atoms with Crippen molar-refractivity contribution in [1.29, 1.82) is 0 Å². The van der Waals surface area contributed by atoms with Crippen molar-refractivity contribution in [2.45, 2.75) is 45.3 Å². The van der Waals surface area contributed by atoms with Gasteiger partial charge < -0.3 is 29.0 Å².